The number of hydrogen-bond acceptors (Lipinski definition) is 8. The van der Waals surface area contributed by atoms with E-state index in [4.69, 9.17) is 9.72 Å². The van der Waals surface area contributed by atoms with Crippen molar-refractivity contribution in [2.75, 3.05) is 18.0 Å². The number of nitrogens with zero attached hydrogens (tertiary/aromatic N) is 6. The molecule has 0 bridgehead atoms. The van der Waals surface area contributed by atoms with Crippen LogP contribution in [-0.2, 0) is 4.74 Å². The molecule has 3 aromatic heterocycles. The molecule has 1 saturated carbocycles. The molecule has 206 valence electrons. The molecule has 1 aliphatic heterocycles. The minimum Gasteiger partial charge on any atom is -0.444 e. The van der Waals surface area contributed by atoms with Crippen LogP contribution in [0.5, 0.6) is 0 Å². The number of benzene rings is 1. The van der Waals surface area contributed by atoms with Gasteiger partial charge in [0.15, 0.2) is 5.65 Å². The number of imidazole rings is 1. The Labute approximate surface area is 238 Å². The van der Waals surface area contributed by atoms with Crippen molar-refractivity contribution in [3.8, 4) is 6.07 Å². The van der Waals surface area contributed by atoms with E-state index < -0.39 is 5.60 Å². The Hall–Kier alpha value is -3.84. The molecule has 0 unspecified atom stereocenters. The number of carbonyl (C=O) groups is 1. The first kappa shape index (κ1) is 26.4. The Morgan fingerprint density at radius 1 is 1.12 bits per heavy atom. The van der Waals surface area contributed by atoms with E-state index in [2.05, 4.69) is 30.7 Å². The van der Waals surface area contributed by atoms with Gasteiger partial charge in [-0.3, -0.25) is 9.38 Å². The maximum atomic E-state index is 12.5. The monoisotopic (exact) mass is 555 g/mol. The molecule has 1 aromatic carbocycles. The lowest BCUT2D eigenvalue weighted by molar-refractivity contribution is 0.0442. The number of anilines is 1. The molecule has 2 fully saturated rings. The molecule has 2 aliphatic rings. The number of ether oxygens (including phenoxy) is 1. The molecule has 4 aromatic rings. The van der Waals surface area contributed by atoms with Crippen molar-refractivity contribution < 1.29 is 9.53 Å². The summed E-state index contributed by atoms with van der Waals surface area (Å²) in [6.07, 6.45) is 12.3. The number of amides is 1. The average molecular weight is 556 g/mol. The third-order valence-corrected chi connectivity index (χ3v) is 9.17. The van der Waals surface area contributed by atoms with Crippen LogP contribution >= 0.6 is 11.8 Å². The number of aromatic nitrogens is 4. The summed E-state index contributed by atoms with van der Waals surface area (Å²) in [6, 6.07) is 10.0. The van der Waals surface area contributed by atoms with Gasteiger partial charge in [0.05, 0.1) is 16.0 Å². The smallest absolute Gasteiger partial charge is 0.407 e. The topological polar surface area (TPSA) is 108 Å². The second kappa shape index (κ2) is 10.3. The van der Waals surface area contributed by atoms with E-state index >= 15 is 0 Å². The highest BCUT2D eigenvalue weighted by Gasteiger charge is 2.46. The van der Waals surface area contributed by atoms with E-state index in [1.807, 2.05) is 57.6 Å². The number of para-hydroxylation sites is 1. The molecular formula is C30H33N7O2S. The SMILES string of the molecule is CC(C)(C)OC(=O)N[C@@H]1CCCC12CCN(c1ncc(Sc3ccnc4c(C#N)cccc34)c3nccn13)CC2. The Kier molecular flexibility index (Phi) is 6.78. The Morgan fingerprint density at radius 3 is 2.73 bits per heavy atom. The van der Waals surface area contributed by atoms with Crippen molar-refractivity contribution >= 4 is 40.4 Å². The van der Waals surface area contributed by atoms with E-state index in [1.165, 1.54) is 0 Å². The van der Waals surface area contributed by atoms with Crippen molar-refractivity contribution in [2.45, 2.75) is 74.3 Å². The summed E-state index contributed by atoms with van der Waals surface area (Å²) in [5.74, 6) is 0.882. The molecule has 1 spiro atoms. The molecule has 1 amide bonds. The van der Waals surface area contributed by atoms with Crippen molar-refractivity contribution in [3.63, 3.8) is 0 Å². The first-order chi connectivity index (χ1) is 19.3. The Bertz CT molecular complexity index is 1610. The molecule has 9 nitrogen and oxygen atoms in total. The predicted octanol–water partition coefficient (Wildman–Crippen LogP) is 5.96. The zero-order valence-corrected chi connectivity index (χ0v) is 23.9. The molecule has 6 rings (SSSR count). The Balaban J connectivity index is 1.21. The van der Waals surface area contributed by atoms with Crippen LogP contribution in [0.2, 0.25) is 0 Å². The molecule has 40 heavy (non-hydrogen) atoms. The lowest BCUT2D eigenvalue weighted by atomic mass is 9.74. The van der Waals surface area contributed by atoms with E-state index in [1.54, 1.807) is 24.0 Å². The van der Waals surface area contributed by atoms with Crippen molar-refractivity contribution in [3.05, 3.63) is 54.6 Å². The van der Waals surface area contributed by atoms with Gasteiger partial charge in [-0.25, -0.2) is 14.8 Å². The third kappa shape index (κ3) is 4.94. The van der Waals surface area contributed by atoms with Gasteiger partial charge in [0.2, 0.25) is 5.95 Å². The van der Waals surface area contributed by atoms with Crippen LogP contribution in [-0.4, -0.2) is 50.2 Å². The fraction of sp³-hybridized carbons (Fsp3) is 0.433. The van der Waals surface area contributed by atoms with Gasteiger partial charge in [-0.05, 0) is 64.0 Å². The van der Waals surface area contributed by atoms with Crippen LogP contribution in [0, 0.1) is 16.7 Å². The Morgan fingerprint density at radius 2 is 1.95 bits per heavy atom. The van der Waals surface area contributed by atoms with Crippen LogP contribution < -0.4 is 10.2 Å². The first-order valence-corrected chi connectivity index (χ1v) is 14.6. The largest absolute Gasteiger partial charge is 0.444 e. The normalized spacial score (nSPS) is 18.8. The summed E-state index contributed by atoms with van der Waals surface area (Å²) >= 11 is 1.58. The van der Waals surface area contributed by atoms with Crippen molar-refractivity contribution in [2.24, 2.45) is 5.41 Å². The average Bonchev–Trinajstić information content (AvgIpc) is 3.56. The minimum atomic E-state index is -0.504. The summed E-state index contributed by atoms with van der Waals surface area (Å²) in [6.45, 7) is 7.42. The summed E-state index contributed by atoms with van der Waals surface area (Å²) in [7, 11) is 0. The van der Waals surface area contributed by atoms with E-state index in [-0.39, 0.29) is 17.6 Å². The number of nitriles is 1. The highest BCUT2D eigenvalue weighted by atomic mass is 32.2. The molecule has 1 atom stereocenters. The quantitative estimate of drug-likeness (QED) is 0.328. The number of carbonyl (C=O) groups excluding carboxylic acids is 1. The van der Waals surface area contributed by atoms with Crippen LogP contribution in [0.3, 0.4) is 0 Å². The number of nitrogens with one attached hydrogen (secondary N) is 1. The van der Waals surface area contributed by atoms with Crippen LogP contribution in [0.15, 0.2) is 58.8 Å². The lowest BCUT2D eigenvalue weighted by Gasteiger charge is -2.43. The van der Waals surface area contributed by atoms with Gasteiger partial charge >= 0.3 is 6.09 Å². The second-order valence-corrected chi connectivity index (χ2v) is 12.8. The van der Waals surface area contributed by atoms with Crippen LogP contribution in [0.4, 0.5) is 10.7 Å². The fourth-order valence-corrected chi connectivity index (χ4v) is 7.19. The summed E-state index contributed by atoms with van der Waals surface area (Å²) in [5.41, 5.74) is 1.71. The van der Waals surface area contributed by atoms with Crippen LogP contribution in [0.1, 0.15) is 58.4 Å². The number of fused-ring (bicyclic) bond motifs is 2. The van der Waals surface area contributed by atoms with Gasteiger partial charge in [0.1, 0.15) is 11.7 Å². The third-order valence-electron chi connectivity index (χ3n) is 8.08. The van der Waals surface area contributed by atoms with Crippen molar-refractivity contribution in [1.82, 2.24) is 24.7 Å². The van der Waals surface area contributed by atoms with Gasteiger partial charge in [0, 0.05) is 54.2 Å². The highest BCUT2D eigenvalue weighted by Crippen LogP contribution is 2.47. The summed E-state index contributed by atoms with van der Waals surface area (Å²) in [5, 5.41) is 13.6. The standard InChI is InChI=1S/C30H33N7O2S/c1-29(2,3)39-28(38)35-24-8-5-10-30(24)11-15-36(16-12-30)27-34-19-23(26-33-14-17-37(26)27)40-22-9-13-32-25-20(18-31)6-4-7-21(22)25/h4,6-7,9,13-14,17,19,24H,5,8,10-12,15-16H2,1-3H3,(H,35,38)/t24-/m1/s1. The number of rotatable bonds is 4. The fourth-order valence-electron chi connectivity index (χ4n) is 6.20. The van der Waals surface area contributed by atoms with Crippen LogP contribution in [0.25, 0.3) is 16.6 Å². The van der Waals surface area contributed by atoms with Gasteiger partial charge < -0.3 is 15.0 Å². The number of alkyl carbamates (subject to hydrolysis) is 1. The van der Waals surface area contributed by atoms with E-state index in [0.717, 1.165) is 72.0 Å². The van der Waals surface area contributed by atoms with Gasteiger partial charge in [-0.15, -0.1) is 0 Å². The predicted molar refractivity (Wildman–Crippen MR) is 154 cm³/mol. The zero-order valence-electron chi connectivity index (χ0n) is 23.1. The van der Waals surface area contributed by atoms with Gasteiger partial charge in [-0.2, -0.15) is 5.26 Å². The lowest BCUT2D eigenvalue weighted by Crippen LogP contribution is -2.51. The van der Waals surface area contributed by atoms with Gasteiger partial charge in [0.25, 0.3) is 0 Å². The first-order valence-electron chi connectivity index (χ1n) is 13.8. The highest BCUT2D eigenvalue weighted by molar-refractivity contribution is 7.99. The van der Waals surface area contributed by atoms with E-state index in [9.17, 15) is 10.1 Å². The zero-order chi connectivity index (χ0) is 27.9. The molecule has 4 heterocycles. The molecular weight excluding hydrogens is 522 g/mol. The maximum absolute atomic E-state index is 12.5. The molecule has 1 saturated heterocycles. The number of pyridine rings is 1. The number of hydrogen-bond donors (Lipinski definition) is 1. The summed E-state index contributed by atoms with van der Waals surface area (Å²) in [4.78, 5) is 30.8. The molecule has 1 aliphatic carbocycles. The van der Waals surface area contributed by atoms with E-state index in [0.29, 0.717) is 11.1 Å². The molecule has 1 N–H and O–H groups in total. The summed E-state index contributed by atoms with van der Waals surface area (Å²) < 4.78 is 7.62. The van der Waals surface area contributed by atoms with Crippen molar-refractivity contribution in [1.29, 1.82) is 5.26 Å². The molecule has 10 heteroatoms. The second-order valence-electron chi connectivity index (χ2n) is 11.7. The molecule has 0 radical (unpaired) electrons. The number of piperidine rings is 1. The minimum absolute atomic E-state index is 0.0991. The van der Waals surface area contributed by atoms with Gasteiger partial charge in [-0.1, -0.05) is 30.3 Å². The maximum Gasteiger partial charge on any atom is 0.407 e.